The normalized spacial score (nSPS) is 11.9. The Kier molecular flexibility index (Phi) is 6.65. The summed E-state index contributed by atoms with van der Waals surface area (Å²) in [4.78, 5) is 9.98. The molecule has 1 N–H and O–H groups in total. The molecule has 0 aliphatic carbocycles. The number of hydrogen-bond donors (Lipinski definition) is 1. The fourth-order valence-electron chi connectivity index (χ4n) is 1.42. The summed E-state index contributed by atoms with van der Waals surface area (Å²) < 4.78 is 0. The number of aliphatic hydroxyl groups excluding tert-OH is 1. The van der Waals surface area contributed by atoms with Crippen LogP contribution in [0.3, 0.4) is 0 Å². The van der Waals surface area contributed by atoms with E-state index in [1.165, 1.54) is 0 Å². The lowest BCUT2D eigenvalue weighted by molar-refractivity contribution is -0.485. The molecule has 0 saturated carbocycles. The van der Waals surface area contributed by atoms with E-state index in [-0.39, 0.29) is 13.2 Å². The van der Waals surface area contributed by atoms with E-state index >= 15 is 0 Å². The molecule has 4 nitrogen and oxygen atoms in total. The molecule has 0 aliphatic heterocycles. The number of hydrogen-bond acceptors (Lipinski definition) is 3. The number of nitro groups is 1. The van der Waals surface area contributed by atoms with Gasteiger partial charge in [-0.05, 0) is 36.3 Å². The molecule has 0 radical (unpaired) electrons. The van der Waals surface area contributed by atoms with Gasteiger partial charge in [0.25, 0.3) is 0 Å². The first-order valence-corrected chi connectivity index (χ1v) is 6.15. The monoisotopic (exact) mass is 279 g/mol. The van der Waals surface area contributed by atoms with E-state index < -0.39 is 10.8 Å². The van der Waals surface area contributed by atoms with Crippen LogP contribution in [0.25, 0.3) is 6.08 Å². The zero-order valence-electron chi connectivity index (χ0n) is 10.3. The molecule has 0 bridgehead atoms. The second kappa shape index (κ2) is 8.30. The molecular formula is C14H14ClNO3. The SMILES string of the molecule is O=[N+]([O-])C[C@H](C#C/C=C/c1ccc(Cl)cc1)CCO. The van der Waals surface area contributed by atoms with Gasteiger partial charge in [0.05, 0.1) is 5.92 Å². The van der Waals surface area contributed by atoms with Crippen LogP contribution in [0.4, 0.5) is 0 Å². The molecule has 100 valence electrons. The molecule has 0 heterocycles. The molecule has 1 rings (SSSR count). The second-order valence-electron chi connectivity index (χ2n) is 3.90. The highest BCUT2D eigenvalue weighted by Crippen LogP contribution is 2.10. The van der Waals surface area contributed by atoms with Gasteiger partial charge in [-0.1, -0.05) is 35.6 Å². The highest BCUT2D eigenvalue weighted by Gasteiger charge is 2.10. The van der Waals surface area contributed by atoms with E-state index in [1.807, 2.05) is 12.1 Å². The van der Waals surface area contributed by atoms with Crippen LogP contribution in [-0.4, -0.2) is 23.2 Å². The third-order valence-electron chi connectivity index (χ3n) is 2.36. The zero-order valence-corrected chi connectivity index (χ0v) is 11.0. The van der Waals surface area contributed by atoms with Gasteiger partial charge in [0.1, 0.15) is 0 Å². The summed E-state index contributed by atoms with van der Waals surface area (Å²) in [7, 11) is 0. The molecule has 0 spiro atoms. The number of nitrogens with zero attached hydrogens (tertiary/aromatic N) is 1. The van der Waals surface area contributed by atoms with Gasteiger partial charge >= 0.3 is 0 Å². The Balaban J connectivity index is 2.60. The molecule has 0 aliphatic rings. The average Bonchev–Trinajstić information content (AvgIpc) is 2.36. The summed E-state index contributed by atoms with van der Waals surface area (Å²) in [6.07, 6.45) is 3.74. The van der Waals surface area contributed by atoms with Crippen LogP contribution in [-0.2, 0) is 0 Å². The molecule has 0 saturated heterocycles. The van der Waals surface area contributed by atoms with E-state index in [4.69, 9.17) is 16.7 Å². The Labute approximate surface area is 116 Å². The number of rotatable bonds is 5. The van der Waals surface area contributed by atoms with Gasteiger partial charge in [-0.2, -0.15) is 0 Å². The first-order chi connectivity index (χ1) is 9.11. The van der Waals surface area contributed by atoms with Gasteiger partial charge in [-0.25, -0.2) is 0 Å². The largest absolute Gasteiger partial charge is 0.396 e. The quantitative estimate of drug-likeness (QED) is 0.512. The minimum atomic E-state index is -0.421. The van der Waals surface area contributed by atoms with Crippen LogP contribution in [0.1, 0.15) is 12.0 Å². The van der Waals surface area contributed by atoms with E-state index in [1.54, 1.807) is 24.3 Å². The van der Waals surface area contributed by atoms with E-state index in [9.17, 15) is 10.1 Å². The van der Waals surface area contributed by atoms with Gasteiger partial charge < -0.3 is 5.11 Å². The predicted octanol–water partition coefficient (Wildman–Crippen LogP) is 2.63. The fourth-order valence-corrected chi connectivity index (χ4v) is 1.55. The molecule has 0 amide bonds. The van der Waals surface area contributed by atoms with Crippen molar-refractivity contribution in [3.63, 3.8) is 0 Å². The number of benzene rings is 1. The molecule has 1 atom stereocenters. The van der Waals surface area contributed by atoms with Gasteiger partial charge in [0, 0.05) is 16.6 Å². The van der Waals surface area contributed by atoms with Gasteiger partial charge in [0.2, 0.25) is 6.54 Å². The number of allylic oxidation sites excluding steroid dienone is 1. The summed E-state index contributed by atoms with van der Waals surface area (Å²) in [6, 6.07) is 7.25. The fraction of sp³-hybridized carbons (Fsp3) is 0.286. The number of aliphatic hydroxyl groups is 1. The standard InChI is InChI=1S/C14H14ClNO3/c15-14-7-5-12(6-8-14)3-1-2-4-13(9-10-17)11-16(18)19/h1,3,5-8,13,17H,9-11H2/b3-1+/t13-/m1/s1. The summed E-state index contributed by atoms with van der Waals surface area (Å²) in [6.45, 7) is -0.351. The summed E-state index contributed by atoms with van der Waals surface area (Å²) in [5.41, 5.74) is 0.951. The first-order valence-electron chi connectivity index (χ1n) is 5.77. The maximum Gasteiger partial charge on any atom is 0.217 e. The van der Waals surface area contributed by atoms with Crippen LogP contribution in [0, 0.1) is 27.9 Å². The van der Waals surface area contributed by atoms with Crippen LogP contribution >= 0.6 is 11.6 Å². The Hall–Kier alpha value is -1.83. The Morgan fingerprint density at radius 3 is 2.68 bits per heavy atom. The van der Waals surface area contributed by atoms with Crippen molar-refractivity contribution in [3.05, 3.63) is 51.0 Å². The first kappa shape index (κ1) is 15.2. The molecule has 0 unspecified atom stereocenters. The van der Waals surface area contributed by atoms with Crippen molar-refractivity contribution >= 4 is 17.7 Å². The van der Waals surface area contributed by atoms with E-state index in [2.05, 4.69) is 11.8 Å². The topological polar surface area (TPSA) is 63.4 Å². The van der Waals surface area contributed by atoms with Crippen molar-refractivity contribution in [2.75, 3.05) is 13.2 Å². The third-order valence-corrected chi connectivity index (χ3v) is 2.62. The molecular weight excluding hydrogens is 266 g/mol. The minimum absolute atomic E-state index is 0.103. The van der Waals surface area contributed by atoms with Gasteiger partial charge in [0.15, 0.2) is 0 Å². The Bertz CT molecular complexity index is 500. The zero-order chi connectivity index (χ0) is 14.1. The van der Waals surface area contributed by atoms with Crippen molar-refractivity contribution in [3.8, 4) is 11.8 Å². The van der Waals surface area contributed by atoms with E-state index in [0.717, 1.165) is 5.56 Å². The maximum atomic E-state index is 10.4. The highest BCUT2D eigenvalue weighted by atomic mass is 35.5. The second-order valence-corrected chi connectivity index (χ2v) is 4.33. The van der Waals surface area contributed by atoms with Crippen molar-refractivity contribution in [2.45, 2.75) is 6.42 Å². The van der Waals surface area contributed by atoms with Crippen molar-refractivity contribution in [2.24, 2.45) is 5.92 Å². The highest BCUT2D eigenvalue weighted by molar-refractivity contribution is 6.30. The molecule has 19 heavy (non-hydrogen) atoms. The predicted molar refractivity (Wildman–Crippen MR) is 75.3 cm³/mol. The molecule has 0 fully saturated rings. The van der Waals surface area contributed by atoms with Crippen LogP contribution in [0.5, 0.6) is 0 Å². The van der Waals surface area contributed by atoms with Gasteiger partial charge in [-0.3, -0.25) is 10.1 Å². The van der Waals surface area contributed by atoms with Crippen molar-refractivity contribution in [1.82, 2.24) is 0 Å². The lowest BCUT2D eigenvalue weighted by Gasteiger charge is -2.01. The van der Waals surface area contributed by atoms with Crippen LogP contribution in [0.2, 0.25) is 5.02 Å². The smallest absolute Gasteiger partial charge is 0.217 e. The Morgan fingerprint density at radius 1 is 1.42 bits per heavy atom. The summed E-state index contributed by atoms with van der Waals surface area (Å²) in [5, 5.41) is 19.8. The van der Waals surface area contributed by atoms with Crippen molar-refractivity contribution in [1.29, 1.82) is 0 Å². The lowest BCUT2D eigenvalue weighted by Crippen LogP contribution is -2.13. The average molecular weight is 280 g/mol. The summed E-state index contributed by atoms with van der Waals surface area (Å²) in [5.74, 6) is 5.11. The summed E-state index contributed by atoms with van der Waals surface area (Å²) >= 11 is 5.76. The minimum Gasteiger partial charge on any atom is -0.396 e. The molecule has 1 aromatic rings. The Morgan fingerprint density at radius 2 is 2.11 bits per heavy atom. The van der Waals surface area contributed by atoms with Crippen LogP contribution in [0.15, 0.2) is 30.3 Å². The van der Waals surface area contributed by atoms with Crippen molar-refractivity contribution < 1.29 is 10.0 Å². The number of halogens is 1. The maximum absolute atomic E-state index is 10.4. The third kappa shape index (κ3) is 6.61. The van der Waals surface area contributed by atoms with Gasteiger partial charge in [-0.15, -0.1) is 0 Å². The van der Waals surface area contributed by atoms with Crippen LogP contribution < -0.4 is 0 Å². The lowest BCUT2D eigenvalue weighted by atomic mass is 10.1. The van der Waals surface area contributed by atoms with E-state index in [0.29, 0.717) is 11.4 Å². The molecule has 0 aromatic heterocycles. The molecule has 5 heteroatoms. The molecule has 1 aromatic carbocycles.